The van der Waals surface area contributed by atoms with Crippen molar-refractivity contribution >= 4 is 17.3 Å². The third-order valence-electron chi connectivity index (χ3n) is 2.79. The molecule has 1 aliphatic heterocycles. The van der Waals surface area contributed by atoms with Crippen LogP contribution in [0.25, 0.3) is 0 Å². The summed E-state index contributed by atoms with van der Waals surface area (Å²) in [6.07, 6.45) is 1.31. The second kappa shape index (κ2) is 5.05. The summed E-state index contributed by atoms with van der Waals surface area (Å²) in [5.41, 5.74) is 7.96. The molecule has 0 saturated carbocycles. The fourth-order valence-electron chi connectivity index (χ4n) is 1.71. The topological polar surface area (TPSA) is 84.6 Å². The lowest BCUT2D eigenvalue weighted by molar-refractivity contribution is -0.136. The molecule has 1 saturated heterocycles. The Morgan fingerprint density at radius 3 is 2.94 bits per heavy atom. The first-order chi connectivity index (χ1) is 8.15. The summed E-state index contributed by atoms with van der Waals surface area (Å²) in [5, 5.41) is 11.9. The normalized spacial score (nSPS) is 18.5. The number of carbonyl (C=O) groups is 1. The highest BCUT2D eigenvalue weighted by Crippen LogP contribution is 2.21. The number of rotatable bonds is 5. The molecule has 0 radical (unpaired) electrons. The molecule has 5 nitrogen and oxygen atoms in total. The molecule has 0 spiro atoms. The number of hydrogen-bond donors (Lipinski definition) is 3. The molecular weight excluding hydrogens is 220 g/mol. The van der Waals surface area contributed by atoms with Gasteiger partial charge in [-0.1, -0.05) is 6.07 Å². The molecule has 1 atom stereocenters. The highest BCUT2D eigenvalue weighted by atomic mass is 16.5. The minimum atomic E-state index is -0.844. The Morgan fingerprint density at radius 2 is 2.35 bits per heavy atom. The van der Waals surface area contributed by atoms with Crippen molar-refractivity contribution in [2.45, 2.75) is 18.9 Å². The van der Waals surface area contributed by atoms with Gasteiger partial charge >= 0.3 is 5.97 Å². The lowest BCUT2D eigenvalue weighted by Crippen LogP contribution is -2.33. The summed E-state index contributed by atoms with van der Waals surface area (Å²) in [6.45, 7) is 1.53. The number of hydrogen-bond acceptors (Lipinski definition) is 4. The predicted octanol–water partition coefficient (Wildman–Crippen LogP) is 1.10. The molecule has 1 fully saturated rings. The maximum Gasteiger partial charge on any atom is 0.307 e. The zero-order valence-electron chi connectivity index (χ0n) is 9.48. The number of carboxylic acids is 1. The Balaban J connectivity index is 2.00. The molecule has 0 bridgehead atoms. The molecule has 2 rings (SSSR count). The molecule has 5 heteroatoms. The Labute approximate surface area is 99.6 Å². The van der Waals surface area contributed by atoms with E-state index in [1.54, 1.807) is 18.2 Å². The van der Waals surface area contributed by atoms with E-state index in [-0.39, 0.29) is 12.5 Å². The minimum Gasteiger partial charge on any atom is -0.481 e. The first-order valence-electron chi connectivity index (χ1n) is 5.61. The Hall–Kier alpha value is -1.75. The monoisotopic (exact) mass is 236 g/mol. The second-order valence-electron chi connectivity index (χ2n) is 4.15. The van der Waals surface area contributed by atoms with Gasteiger partial charge in [-0.05, 0) is 24.1 Å². The van der Waals surface area contributed by atoms with Gasteiger partial charge in [-0.25, -0.2) is 0 Å². The molecule has 1 aromatic carbocycles. The number of ether oxygens (including phenoxy) is 1. The fourth-order valence-corrected chi connectivity index (χ4v) is 1.71. The highest BCUT2D eigenvalue weighted by molar-refractivity contribution is 5.73. The lowest BCUT2D eigenvalue weighted by Gasteiger charge is -2.27. The molecule has 0 aromatic heterocycles. The van der Waals surface area contributed by atoms with Gasteiger partial charge in [0.2, 0.25) is 0 Å². The van der Waals surface area contributed by atoms with Crippen molar-refractivity contribution in [2.75, 3.05) is 24.2 Å². The number of nitrogens with one attached hydrogen (secondary N) is 1. The van der Waals surface area contributed by atoms with Crippen LogP contribution >= 0.6 is 0 Å². The third-order valence-corrected chi connectivity index (χ3v) is 2.79. The Kier molecular flexibility index (Phi) is 3.49. The van der Waals surface area contributed by atoms with Crippen LogP contribution in [0.2, 0.25) is 0 Å². The van der Waals surface area contributed by atoms with Gasteiger partial charge in [-0.3, -0.25) is 4.79 Å². The third kappa shape index (κ3) is 3.10. The van der Waals surface area contributed by atoms with Gasteiger partial charge in [0.25, 0.3) is 0 Å². The standard InChI is InChI=1S/C12H16N2O3/c13-10-2-1-8(6-12(15)16)5-11(10)14-7-9-3-4-17-9/h1-2,5,9,14H,3-4,6-7,13H2,(H,15,16). The molecular formula is C12H16N2O3. The zero-order valence-corrected chi connectivity index (χ0v) is 9.48. The number of benzene rings is 1. The summed E-state index contributed by atoms with van der Waals surface area (Å²) in [6, 6.07) is 5.23. The summed E-state index contributed by atoms with van der Waals surface area (Å²) >= 11 is 0. The molecule has 1 heterocycles. The van der Waals surface area contributed by atoms with Crippen LogP contribution in [-0.2, 0) is 16.0 Å². The quantitative estimate of drug-likeness (QED) is 0.666. The van der Waals surface area contributed by atoms with Crippen LogP contribution < -0.4 is 11.1 Å². The maximum atomic E-state index is 10.6. The summed E-state index contributed by atoms with van der Waals surface area (Å²) < 4.78 is 5.29. The SMILES string of the molecule is Nc1ccc(CC(=O)O)cc1NCC1CCO1. The zero-order chi connectivity index (χ0) is 12.3. The number of nitrogen functional groups attached to an aromatic ring is 1. The van der Waals surface area contributed by atoms with Gasteiger partial charge in [-0.15, -0.1) is 0 Å². The van der Waals surface area contributed by atoms with Crippen LogP contribution in [0.15, 0.2) is 18.2 Å². The van der Waals surface area contributed by atoms with E-state index in [2.05, 4.69) is 5.32 Å². The summed E-state index contributed by atoms with van der Waals surface area (Å²) in [7, 11) is 0. The molecule has 17 heavy (non-hydrogen) atoms. The van der Waals surface area contributed by atoms with Crippen molar-refractivity contribution in [1.29, 1.82) is 0 Å². The molecule has 0 amide bonds. The van der Waals surface area contributed by atoms with Gasteiger partial charge in [0.15, 0.2) is 0 Å². The second-order valence-corrected chi connectivity index (χ2v) is 4.15. The van der Waals surface area contributed by atoms with Gasteiger partial charge in [-0.2, -0.15) is 0 Å². The lowest BCUT2D eigenvalue weighted by atomic mass is 10.1. The summed E-state index contributed by atoms with van der Waals surface area (Å²) in [4.78, 5) is 10.6. The maximum absolute atomic E-state index is 10.6. The van der Waals surface area contributed by atoms with E-state index in [0.717, 1.165) is 24.3 Å². The van der Waals surface area contributed by atoms with Crippen LogP contribution in [0.5, 0.6) is 0 Å². The molecule has 4 N–H and O–H groups in total. The van der Waals surface area contributed by atoms with Crippen molar-refractivity contribution in [3.8, 4) is 0 Å². The van der Waals surface area contributed by atoms with E-state index in [0.29, 0.717) is 12.2 Å². The smallest absolute Gasteiger partial charge is 0.307 e. The number of aliphatic carboxylic acids is 1. The van der Waals surface area contributed by atoms with E-state index in [9.17, 15) is 4.79 Å². The average molecular weight is 236 g/mol. The van der Waals surface area contributed by atoms with Gasteiger partial charge in [0, 0.05) is 13.2 Å². The van der Waals surface area contributed by atoms with E-state index in [1.165, 1.54) is 0 Å². The molecule has 1 unspecified atom stereocenters. The van der Waals surface area contributed by atoms with Crippen LogP contribution in [0, 0.1) is 0 Å². The predicted molar refractivity (Wildman–Crippen MR) is 65.0 cm³/mol. The Bertz CT molecular complexity index is 416. The van der Waals surface area contributed by atoms with Crippen LogP contribution in [0.1, 0.15) is 12.0 Å². The van der Waals surface area contributed by atoms with Crippen LogP contribution in [0.3, 0.4) is 0 Å². The van der Waals surface area contributed by atoms with E-state index >= 15 is 0 Å². The van der Waals surface area contributed by atoms with E-state index < -0.39 is 5.97 Å². The first-order valence-corrected chi connectivity index (χ1v) is 5.61. The van der Waals surface area contributed by atoms with Crippen LogP contribution in [-0.4, -0.2) is 30.3 Å². The fraction of sp³-hybridized carbons (Fsp3) is 0.417. The molecule has 1 aromatic rings. The minimum absolute atomic E-state index is 0.00882. The van der Waals surface area contributed by atoms with Crippen molar-refractivity contribution < 1.29 is 14.6 Å². The highest BCUT2D eigenvalue weighted by Gasteiger charge is 2.17. The molecule has 92 valence electrons. The van der Waals surface area contributed by atoms with Gasteiger partial charge < -0.3 is 20.9 Å². The van der Waals surface area contributed by atoms with Crippen LogP contribution in [0.4, 0.5) is 11.4 Å². The molecule has 0 aliphatic carbocycles. The number of carboxylic acid groups (broad SMARTS) is 1. The Morgan fingerprint density at radius 1 is 1.59 bits per heavy atom. The average Bonchev–Trinajstić information content (AvgIpc) is 2.19. The number of anilines is 2. The van der Waals surface area contributed by atoms with E-state index in [4.69, 9.17) is 15.6 Å². The first kappa shape index (κ1) is 11.7. The summed E-state index contributed by atoms with van der Waals surface area (Å²) in [5.74, 6) is -0.844. The van der Waals surface area contributed by atoms with Gasteiger partial charge in [0.1, 0.15) is 0 Å². The largest absolute Gasteiger partial charge is 0.481 e. The van der Waals surface area contributed by atoms with Crippen molar-refractivity contribution in [1.82, 2.24) is 0 Å². The molecule has 1 aliphatic rings. The van der Waals surface area contributed by atoms with Crippen molar-refractivity contribution in [3.63, 3.8) is 0 Å². The van der Waals surface area contributed by atoms with Gasteiger partial charge in [0.05, 0.1) is 23.9 Å². The van der Waals surface area contributed by atoms with Crippen molar-refractivity contribution in [3.05, 3.63) is 23.8 Å². The van der Waals surface area contributed by atoms with E-state index in [1.807, 2.05) is 0 Å². The number of nitrogens with two attached hydrogens (primary N) is 1. The van der Waals surface area contributed by atoms with Crippen molar-refractivity contribution in [2.24, 2.45) is 0 Å².